The molecule has 2 aromatic rings. The van der Waals surface area contributed by atoms with E-state index in [1.54, 1.807) is 0 Å². The molecule has 0 aromatic carbocycles. The van der Waals surface area contributed by atoms with Gasteiger partial charge in [0.25, 0.3) is 11.1 Å². The molecule has 0 atom stereocenters. The number of hydrogen-bond donors (Lipinski definition) is 0. The standard InChI is InChI=1S/C14H16N2O2/c17-13-9-5-1-3-7-11(9)15-12-8-4-2-6-10(12)14(18)16(13)15/h1-8H2. The number of nitrogens with zero attached hydrogens (tertiary/aromatic N) is 2. The summed E-state index contributed by atoms with van der Waals surface area (Å²) in [6, 6.07) is 0. The first-order valence-electron chi connectivity index (χ1n) is 6.92. The molecule has 94 valence electrons. The predicted octanol–water partition coefficient (Wildman–Crippen LogP) is 0.955. The summed E-state index contributed by atoms with van der Waals surface area (Å²) in [5, 5.41) is 0. The Morgan fingerprint density at radius 3 is 1.56 bits per heavy atom. The van der Waals surface area contributed by atoms with E-state index in [0.717, 1.165) is 73.9 Å². The Balaban J connectivity index is 2.19. The second-order valence-corrected chi connectivity index (χ2v) is 5.50. The van der Waals surface area contributed by atoms with Gasteiger partial charge in [0.2, 0.25) is 0 Å². The molecule has 2 aromatic heterocycles. The van der Waals surface area contributed by atoms with Gasteiger partial charge in [-0.05, 0) is 51.4 Å². The predicted molar refractivity (Wildman–Crippen MR) is 67.9 cm³/mol. The van der Waals surface area contributed by atoms with Gasteiger partial charge in [-0.25, -0.2) is 0 Å². The minimum absolute atomic E-state index is 0.0518. The minimum atomic E-state index is -0.0518. The molecule has 0 spiro atoms. The van der Waals surface area contributed by atoms with Crippen molar-refractivity contribution in [1.82, 2.24) is 9.03 Å². The van der Waals surface area contributed by atoms with Crippen molar-refractivity contribution in [3.63, 3.8) is 0 Å². The Hall–Kier alpha value is -1.58. The minimum Gasteiger partial charge on any atom is -0.267 e. The van der Waals surface area contributed by atoms with E-state index in [1.807, 2.05) is 4.52 Å². The molecule has 4 nitrogen and oxygen atoms in total. The maximum absolute atomic E-state index is 12.4. The van der Waals surface area contributed by atoms with E-state index in [9.17, 15) is 9.59 Å². The summed E-state index contributed by atoms with van der Waals surface area (Å²) in [6.07, 6.45) is 8.00. The van der Waals surface area contributed by atoms with Crippen LogP contribution in [0.1, 0.15) is 48.2 Å². The fraction of sp³-hybridized carbons (Fsp3) is 0.571. The van der Waals surface area contributed by atoms with Crippen molar-refractivity contribution in [2.75, 3.05) is 0 Å². The van der Waals surface area contributed by atoms with Gasteiger partial charge in [-0.2, -0.15) is 4.52 Å². The highest BCUT2D eigenvalue weighted by molar-refractivity contribution is 5.31. The Morgan fingerprint density at radius 2 is 1.06 bits per heavy atom. The van der Waals surface area contributed by atoms with Gasteiger partial charge in [-0.15, -0.1) is 0 Å². The second-order valence-electron chi connectivity index (χ2n) is 5.50. The van der Waals surface area contributed by atoms with Gasteiger partial charge in [0.05, 0.1) is 0 Å². The molecule has 2 heterocycles. The van der Waals surface area contributed by atoms with Gasteiger partial charge in [0.1, 0.15) is 0 Å². The topological polar surface area (TPSA) is 43.0 Å². The van der Waals surface area contributed by atoms with Crippen molar-refractivity contribution in [1.29, 1.82) is 0 Å². The van der Waals surface area contributed by atoms with Crippen molar-refractivity contribution >= 4 is 0 Å². The quantitative estimate of drug-likeness (QED) is 0.692. The van der Waals surface area contributed by atoms with Crippen LogP contribution in [0.5, 0.6) is 0 Å². The van der Waals surface area contributed by atoms with Gasteiger partial charge in [0.15, 0.2) is 0 Å². The molecule has 0 bridgehead atoms. The summed E-state index contributed by atoms with van der Waals surface area (Å²) in [7, 11) is 0. The summed E-state index contributed by atoms with van der Waals surface area (Å²) in [4.78, 5) is 24.7. The molecule has 0 saturated carbocycles. The van der Waals surface area contributed by atoms with E-state index in [1.165, 1.54) is 4.52 Å². The largest absolute Gasteiger partial charge is 0.277 e. The molecular weight excluding hydrogens is 228 g/mol. The maximum Gasteiger partial charge on any atom is 0.277 e. The zero-order valence-electron chi connectivity index (χ0n) is 10.4. The van der Waals surface area contributed by atoms with Crippen LogP contribution in [0.25, 0.3) is 0 Å². The van der Waals surface area contributed by atoms with Crippen LogP contribution in [-0.2, 0) is 25.7 Å². The first-order valence-corrected chi connectivity index (χ1v) is 6.92. The number of rotatable bonds is 0. The maximum atomic E-state index is 12.4. The van der Waals surface area contributed by atoms with Gasteiger partial charge >= 0.3 is 0 Å². The van der Waals surface area contributed by atoms with Crippen LogP contribution in [0.2, 0.25) is 0 Å². The van der Waals surface area contributed by atoms with Crippen LogP contribution in [0.15, 0.2) is 9.59 Å². The van der Waals surface area contributed by atoms with E-state index in [4.69, 9.17) is 0 Å². The molecule has 0 saturated heterocycles. The van der Waals surface area contributed by atoms with E-state index in [0.29, 0.717) is 0 Å². The normalized spacial score (nSPS) is 18.9. The van der Waals surface area contributed by atoms with Crippen LogP contribution >= 0.6 is 0 Å². The lowest BCUT2D eigenvalue weighted by atomic mass is 9.95. The second kappa shape index (κ2) is 3.46. The molecule has 0 unspecified atom stereocenters. The van der Waals surface area contributed by atoms with Gasteiger partial charge < -0.3 is 0 Å². The smallest absolute Gasteiger partial charge is 0.267 e. The number of aromatic nitrogens is 2. The van der Waals surface area contributed by atoms with Crippen molar-refractivity contribution in [2.24, 2.45) is 0 Å². The molecule has 4 rings (SSSR count). The van der Waals surface area contributed by atoms with Gasteiger partial charge in [0, 0.05) is 22.5 Å². The van der Waals surface area contributed by atoms with Crippen LogP contribution in [-0.4, -0.2) is 9.03 Å². The molecule has 0 fully saturated rings. The average Bonchev–Trinajstić information content (AvgIpc) is 2.87. The van der Waals surface area contributed by atoms with Crippen molar-refractivity contribution in [3.05, 3.63) is 43.2 Å². The Labute approximate surface area is 104 Å². The van der Waals surface area contributed by atoms with Crippen molar-refractivity contribution < 1.29 is 0 Å². The van der Waals surface area contributed by atoms with E-state index < -0.39 is 0 Å². The molecule has 0 amide bonds. The Bertz CT molecular complexity index is 679. The van der Waals surface area contributed by atoms with E-state index in [2.05, 4.69) is 0 Å². The summed E-state index contributed by atoms with van der Waals surface area (Å²) in [5.41, 5.74) is 3.92. The number of hydrogen-bond acceptors (Lipinski definition) is 2. The summed E-state index contributed by atoms with van der Waals surface area (Å²) < 4.78 is 3.37. The van der Waals surface area contributed by atoms with E-state index >= 15 is 0 Å². The lowest BCUT2D eigenvalue weighted by Crippen LogP contribution is -2.25. The molecule has 2 aliphatic carbocycles. The zero-order valence-corrected chi connectivity index (χ0v) is 10.4. The van der Waals surface area contributed by atoms with Crippen molar-refractivity contribution in [2.45, 2.75) is 51.4 Å². The van der Waals surface area contributed by atoms with Gasteiger partial charge in [-0.1, -0.05) is 0 Å². The highest BCUT2D eigenvalue weighted by Gasteiger charge is 2.27. The molecule has 0 N–H and O–H groups in total. The SMILES string of the molecule is O=c1c2c(n3c4c(c(=O)n13)CCCC4)CCCC2. The molecule has 4 heteroatoms. The molecule has 18 heavy (non-hydrogen) atoms. The first-order chi connectivity index (χ1) is 8.79. The van der Waals surface area contributed by atoms with Gasteiger partial charge in [-0.3, -0.25) is 14.1 Å². The lowest BCUT2D eigenvalue weighted by Gasteiger charge is -2.14. The lowest BCUT2D eigenvalue weighted by molar-refractivity contribution is 0.621. The molecular formula is C14H16N2O2. The van der Waals surface area contributed by atoms with E-state index in [-0.39, 0.29) is 11.1 Å². The fourth-order valence-electron chi connectivity index (χ4n) is 3.64. The van der Waals surface area contributed by atoms with Crippen LogP contribution in [0, 0.1) is 0 Å². The Kier molecular flexibility index (Phi) is 1.99. The number of fused-ring (bicyclic) bond motifs is 5. The summed E-state index contributed by atoms with van der Waals surface area (Å²) in [6.45, 7) is 0. The fourth-order valence-corrected chi connectivity index (χ4v) is 3.64. The third-order valence-corrected chi connectivity index (χ3v) is 4.49. The molecule has 0 aliphatic heterocycles. The molecule has 2 aliphatic rings. The summed E-state index contributed by atoms with van der Waals surface area (Å²) >= 11 is 0. The monoisotopic (exact) mass is 244 g/mol. The third-order valence-electron chi connectivity index (χ3n) is 4.49. The third kappa shape index (κ3) is 1.11. The first kappa shape index (κ1) is 10.4. The highest BCUT2D eigenvalue weighted by atomic mass is 16.2. The average molecular weight is 244 g/mol. The zero-order chi connectivity index (χ0) is 12.3. The van der Waals surface area contributed by atoms with Crippen LogP contribution in [0.4, 0.5) is 0 Å². The Morgan fingerprint density at radius 1 is 0.611 bits per heavy atom. The number of aryl methyl sites for hydroxylation is 2. The van der Waals surface area contributed by atoms with Crippen LogP contribution < -0.4 is 11.1 Å². The van der Waals surface area contributed by atoms with Crippen LogP contribution in [0.3, 0.4) is 0 Å². The van der Waals surface area contributed by atoms with Crippen molar-refractivity contribution in [3.8, 4) is 0 Å². The highest BCUT2D eigenvalue weighted by Crippen LogP contribution is 2.24. The molecule has 0 radical (unpaired) electrons. The summed E-state index contributed by atoms with van der Waals surface area (Å²) in [5.74, 6) is 0.